The molecule has 2 N–H and O–H groups in total. The highest BCUT2D eigenvalue weighted by Crippen LogP contribution is 2.16. The van der Waals surface area contributed by atoms with Crippen LogP contribution >= 0.6 is 0 Å². The van der Waals surface area contributed by atoms with Crippen LogP contribution in [0.1, 0.15) is 33.3 Å². The molecule has 0 unspecified atom stereocenters. The fraction of sp³-hybridized carbons (Fsp3) is 0.500. The van der Waals surface area contributed by atoms with Gasteiger partial charge in [0.2, 0.25) is 0 Å². The zero-order chi connectivity index (χ0) is 11.4. The van der Waals surface area contributed by atoms with Gasteiger partial charge in [0, 0.05) is 23.5 Å². The van der Waals surface area contributed by atoms with Crippen LogP contribution in [-0.2, 0) is 0 Å². The minimum atomic E-state index is 0.224. The smallest absolute Gasteiger partial charge is 0.135 e. The minimum absolute atomic E-state index is 0.224. The zero-order valence-corrected chi connectivity index (χ0v) is 9.83. The number of hydrogen-bond donors (Lipinski definition) is 2. The Kier molecular flexibility index (Phi) is 3.83. The highest BCUT2D eigenvalue weighted by Gasteiger charge is 2.11. The third-order valence-electron chi connectivity index (χ3n) is 2.10. The summed E-state index contributed by atoms with van der Waals surface area (Å²) in [7, 11) is 0. The zero-order valence-electron chi connectivity index (χ0n) is 9.83. The van der Waals surface area contributed by atoms with Crippen LogP contribution in [0.2, 0.25) is 0 Å². The Labute approximate surface area is 91.4 Å². The van der Waals surface area contributed by atoms with E-state index in [0.717, 1.165) is 11.4 Å². The van der Waals surface area contributed by atoms with Gasteiger partial charge in [0.25, 0.3) is 0 Å². The van der Waals surface area contributed by atoms with Gasteiger partial charge in [-0.05, 0) is 31.9 Å². The lowest BCUT2D eigenvalue weighted by atomic mass is 10.0. The standard InChI is InChI=1S/C12H19N3/c1-8(2)11(13)10-6-5-7-14-12(10)15-9(3)4/h5-9,13H,1-4H3,(H,14,15). The molecule has 15 heavy (non-hydrogen) atoms. The number of rotatable bonds is 4. The summed E-state index contributed by atoms with van der Waals surface area (Å²) in [6.07, 6.45) is 1.75. The van der Waals surface area contributed by atoms with Gasteiger partial charge >= 0.3 is 0 Å². The number of pyridine rings is 1. The first-order valence-electron chi connectivity index (χ1n) is 5.32. The van der Waals surface area contributed by atoms with E-state index in [0.29, 0.717) is 11.8 Å². The lowest BCUT2D eigenvalue weighted by Gasteiger charge is -2.15. The first-order chi connectivity index (χ1) is 7.02. The summed E-state index contributed by atoms with van der Waals surface area (Å²) in [5.41, 5.74) is 1.53. The van der Waals surface area contributed by atoms with Gasteiger partial charge in [-0.25, -0.2) is 4.98 Å². The summed E-state index contributed by atoms with van der Waals surface area (Å²) in [6.45, 7) is 8.18. The van der Waals surface area contributed by atoms with Gasteiger partial charge in [-0.3, -0.25) is 0 Å². The van der Waals surface area contributed by atoms with E-state index in [1.165, 1.54) is 0 Å². The van der Waals surface area contributed by atoms with Crippen molar-refractivity contribution in [2.45, 2.75) is 33.7 Å². The Bertz CT molecular complexity index is 342. The minimum Gasteiger partial charge on any atom is -0.367 e. The molecule has 0 aliphatic rings. The maximum atomic E-state index is 7.99. The van der Waals surface area contributed by atoms with Gasteiger partial charge in [-0.2, -0.15) is 0 Å². The predicted octanol–water partition coefficient (Wildman–Crippen LogP) is 2.93. The van der Waals surface area contributed by atoms with Crippen LogP contribution in [0.3, 0.4) is 0 Å². The molecule has 0 bridgehead atoms. The number of nitrogens with zero attached hydrogens (tertiary/aromatic N) is 1. The highest BCUT2D eigenvalue weighted by atomic mass is 15.0. The lowest BCUT2D eigenvalue weighted by Crippen LogP contribution is -2.17. The average molecular weight is 205 g/mol. The molecule has 1 rings (SSSR count). The Hall–Kier alpha value is -1.38. The molecule has 0 aliphatic carbocycles. The second kappa shape index (κ2) is 4.91. The van der Waals surface area contributed by atoms with E-state index >= 15 is 0 Å². The normalized spacial score (nSPS) is 10.8. The van der Waals surface area contributed by atoms with Gasteiger partial charge in [-0.15, -0.1) is 0 Å². The van der Waals surface area contributed by atoms with E-state index < -0.39 is 0 Å². The van der Waals surface area contributed by atoms with Crippen LogP contribution < -0.4 is 5.32 Å². The average Bonchev–Trinajstić information content (AvgIpc) is 2.16. The van der Waals surface area contributed by atoms with Crippen LogP contribution in [-0.4, -0.2) is 16.7 Å². The molecule has 0 amide bonds. The maximum absolute atomic E-state index is 7.99. The third kappa shape index (κ3) is 3.05. The van der Waals surface area contributed by atoms with Gasteiger partial charge in [-0.1, -0.05) is 13.8 Å². The molecule has 0 saturated carbocycles. The number of nitrogens with one attached hydrogen (secondary N) is 2. The second-order valence-electron chi connectivity index (χ2n) is 4.27. The van der Waals surface area contributed by atoms with Crippen molar-refractivity contribution < 1.29 is 0 Å². The molecule has 3 heteroatoms. The van der Waals surface area contributed by atoms with Crippen molar-refractivity contribution in [1.82, 2.24) is 4.98 Å². The molecule has 0 aliphatic heterocycles. The van der Waals surface area contributed by atoms with E-state index in [2.05, 4.69) is 24.1 Å². The van der Waals surface area contributed by atoms with E-state index in [4.69, 9.17) is 5.41 Å². The van der Waals surface area contributed by atoms with E-state index in [1.807, 2.05) is 26.0 Å². The molecule has 1 heterocycles. The fourth-order valence-corrected chi connectivity index (χ4v) is 1.32. The van der Waals surface area contributed by atoms with Crippen LogP contribution in [0.5, 0.6) is 0 Å². The molecule has 1 aromatic heterocycles. The van der Waals surface area contributed by atoms with Crippen molar-refractivity contribution in [2.24, 2.45) is 5.92 Å². The Morgan fingerprint density at radius 3 is 2.53 bits per heavy atom. The van der Waals surface area contributed by atoms with Crippen LogP contribution in [0.25, 0.3) is 0 Å². The number of hydrogen-bond acceptors (Lipinski definition) is 3. The molecular formula is C12H19N3. The third-order valence-corrected chi connectivity index (χ3v) is 2.10. The van der Waals surface area contributed by atoms with Gasteiger partial charge in [0.1, 0.15) is 5.82 Å². The topological polar surface area (TPSA) is 48.8 Å². The van der Waals surface area contributed by atoms with Gasteiger partial charge in [0.05, 0.1) is 0 Å². The fourth-order valence-electron chi connectivity index (χ4n) is 1.32. The molecule has 0 aromatic carbocycles. The maximum Gasteiger partial charge on any atom is 0.135 e. The summed E-state index contributed by atoms with van der Waals surface area (Å²) < 4.78 is 0. The SMILES string of the molecule is CC(C)Nc1ncccc1C(=N)C(C)C. The molecule has 0 fully saturated rings. The van der Waals surface area contributed by atoms with E-state index in [1.54, 1.807) is 6.20 Å². The second-order valence-corrected chi connectivity index (χ2v) is 4.27. The van der Waals surface area contributed by atoms with Crippen molar-refractivity contribution in [3.05, 3.63) is 23.9 Å². The Morgan fingerprint density at radius 1 is 1.33 bits per heavy atom. The van der Waals surface area contributed by atoms with Crippen molar-refractivity contribution in [2.75, 3.05) is 5.32 Å². The molecule has 82 valence electrons. The van der Waals surface area contributed by atoms with E-state index in [9.17, 15) is 0 Å². The van der Waals surface area contributed by atoms with Crippen LogP contribution in [0.15, 0.2) is 18.3 Å². The number of anilines is 1. The van der Waals surface area contributed by atoms with Crippen molar-refractivity contribution in [3.63, 3.8) is 0 Å². The van der Waals surface area contributed by atoms with Gasteiger partial charge < -0.3 is 10.7 Å². The summed E-state index contributed by atoms with van der Waals surface area (Å²) in [5.74, 6) is 1.04. The molecule has 0 radical (unpaired) electrons. The van der Waals surface area contributed by atoms with Crippen molar-refractivity contribution in [1.29, 1.82) is 5.41 Å². The quantitative estimate of drug-likeness (QED) is 0.742. The lowest BCUT2D eigenvalue weighted by molar-refractivity contribution is 0.867. The first-order valence-corrected chi connectivity index (χ1v) is 5.32. The number of aromatic nitrogens is 1. The Balaban J connectivity index is 3.01. The summed E-state index contributed by atoms with van der Waals surface area (Å²) in [6, 6.07) is 4.15. The van der Waals surface area contributed by atoms with Gasteiger partial charge in [0.15, 0.2) is 0 Å². The molecule has 0 spiro atoms. The molecule has 0 saturated heterocycles. The molecule has 0 atom stereocenters. The van der Waals surface area contributed by atoms with Crippen molar-refractivity contribution in [3.8, 4) is 0 Å². The van der Waals surface area contributed by atoms with Crippen LogP contribution in [0, 0.1) is 11.3 Å². The molecule has 3 nitrogen and oxygen atoms in total. The van der Waals surface area contributed by atoms with Crippen LogP contribution in [0.4, 0.5) is 5.82 Å². The van der Waals surface area contributed by atoms with Crippen molar-refractivity contribution >= 4 is 11.5 Å². The summed E-state index contributed by atoms with van der Waals surface area (Å²) >= 11 is 0. The molecule has 1 aromatic rings. The molecular weight excluding hydrogens is 186 g/mol. The predicted molar refractivity (Wildman–Crippen MR) is 64.7 cm³/mol. The van der Waals surface area contributed by atoms with E-state index in [-0.39, 0.29) is 5.92 Å². The summed E-state index contributed by atoms with van der Waals surface area (Å²) in [5, 5.41) is 11.2. The largest absolute Gasteiger partial charge is 0.367 e. The monoisotopic (exact) mass is 205 g/mol. The highest BCUT2D eigenvalue weighted by molar-refractivity contribution is 6.03. The summed E-state index contributed by atoms with van der Waals surface area (Å²) in [4.78, 5) is 4.27. The first kappa shape index (κ1) is 11.7. The Morgan fingerprint density at radius 2 is 2.00 bits per heavy atom.